The highest BCUT2D eigenvalue weighted by atomic mass is 16.6. The summed E-state index contributed by atoms with van der Waals surface area (Å²) in [7, 11) is 0. The van der Waals surface area contributed by atoms with Gasteiger partial charge in [-0.1, -0.05) is 0 Å². The summed E-state index contributed by atoms with van der Waals surface area (Å²) in [6.07, 6.45) is 4.85. The minimum absolute atomic E-state index is 0.0240. The number of nitrogens with two attached hydrogens (primary N) is 1. The van der Waals surface area contributed by atoms with Crippen molar-refractivity contribution < 1.29 is 14.3 Å². The Morgan fingerprint density at radius 1 is 1.12 bits per heavy atom. The molecule has 2 aromatic heterocycles. The Kier molecular flexibility index (Phi) is 6.81. The molecule has 9 nitrogen and oxygen atoms in total. The molecule has 3 aromatic rings. The second-order valence-electron chi connectivity index (χ2n) is 9.20. The van der Waals surface area contributed by atoms with E-state index < -0.39 is 5.60 Å². The third-order valence-corrected chi connectivity index (χ3v) is 5.20. The Labute approximate surface area is 199 Å². The highest BCUT2D eigenvalue weighted by molar-refractivity contribution is 5.68. The molecule has 1 fully saturated rings. The molecule has 9 heteroatoms. The average Bonchev–Trinajstić information content (AvgIpc) is 2.80. The van der Waals surface area contributed by atoms with Crippen LogP contribution in [0.25, 0.3) is 11.3 Å². The molecule has 1 aliphatic rings. The van der Waals surface area contributed by atoms with Gasteiger partial charge >= 0.3 is 6.09 Å². The van der Waals surface area contributed by atoms with Crippen molar-refractivity contribution in [2.75, 3.05) is 24.1 Å². The van der Waals surface area contributed by atoms with Gasteiger partial charge in [-0.05, 0) is 76.1 Å². The van der Waals surface area contributed by atoms with Gasteiger partial charge in [0.05, 0.1) is 11.3 Å². The highest BCUT2D eigenvalue weighted by Gasteiger charge is 2.28. The number of pyridine rings is 1. The van der Waals surface area contributed by atoms with Gasteiger partial charge in [0.15, 0.2) is 0 Å². The van der Waals surface area contributed by atoms with E-state index in [-0.39, 0.29) is 12.1 Å². The van der Waals surface area contributed by atoms with Gasteiger partial charge in [-0.2, -0.15) is 0 Å². The maximum atomic E-state index is 12.5. The summed E-state index contributed by atoms with van der Waals surface area (Å²) >= 11 is 0. The first-order valence-electron chi connectivity index (χ1n) is 11.3. The zero-order valence-corrected chi connectivity index (χ0v) is 19.7. The maximum absolute atomic E-state index is 12.5. The summed E-state index contributed by atoms with van der Waals surface area (Å²) in [5.74, 6) is 1.55. The van der Waals surface area contributed by atoms with Crippen molar-refractivity contribution >= 4 is 17.7 Å². The van der Waals surface area contributed by atoms with Crippen LogP contribution in [0, 0.1) is 0 Å². The van der Waals surface area contributed by atoms with E-state index in [0.717, 1.165) is 18.4 Å². The molecule has 4 rings (SSSR count). The monoisotopic (exact) mass is 462 g/mol. The normalized spacial score (nSPS) is 16.1. The SMILES string of the molecule is CC(C)(C)OC(=O)N1CCCC(Nc2nccc(-c3cccnc3Oc3ccc(N)cc3)n2)C1. The maximum Gasteiger partial charge on any atom is 0.410 e. The molecule has 0 saturated carbocycles. The molecular formula is C25H30N6O3. The lowest BCUT2D eigenvalue weighted by Crippen LogP contribution is -2.47. The summed E-state index contributed by atoms with van der Waals surface area (Å²) < 4.78 is 11.5. The van der Waals surface area contributed by atoms with Crippen LogP contribution >= 0.6 is 0 Å². The summed E-state index contributed by atoms with van der Waals surface area (Å²) in [5.41, 5.74) is 7.32. The molecule has 1 amide bonds. The summed E-state index contributed by atoms with van der Waals surface area (Å²) in [4.78, 5) is 27.7. The number of piperidine rings is 1. The van der Waals surface area contributed by atoms with Gasteiger partial charge in [-0.3, -0.25) is 0 Å². The largest absolute Gasteiger partial charge is 0.444 e. The number of aromatic nitrogens is 3. The Morgan fingerprint density at radius 2 is 1.91 bits per heavy atom. The van der Waals surface area contributed by atoms with E-state index in [4.69, 9.17) is 15.2 Å². The van der Waals surface area contributed by atoms with Gasteiger partial charge in [0, 0.05) is 37.2 Å². The van der Waals surface area contributed by atoms with Crippen LogP contribution in [0.3, 0.4) is 0 Å². The topological polar surface area (TPSA) is 115 Å². The van der Waals surface area contributed by atoms with Crippen molar-refractivity contribution in [2.45, 2.75) is 45.3 Å². The lowest BCUT2D eigenvalue weighted by atomic mass is 10.1. The second-order valence-corrected chi connectivity index (χ2v) is 9.20. The number of ether oxygens (including phenoxy) is 2. The Morgan fingerprint density at radius 3 is 2.68 bits per heavy atom. The Hall–Kier alpha value is -3.88. The number of amides is 1. The average molecular weight is 463 g/mol. The third-order valence-electron chi connectivity index (χ3n) is 5.20. The molecule has 0 radical (unpaired) electrons. The minimum atomic E-state index is -0.523. The molecule has 0 spiro atoms. The number of nitrogens with zero attached hydrogens (tertiary/aromatic N) is 4. The molecule has 1 atom stereocenters. The zero-order valence-electron chi connectivity index (χ0n) is 19.7. The fourth-order valence-electron chi connectivity index (χ4n) is 3.66. The first-order chi connectivity index (χ1) is 16.3. The van der Waals surface area contributed by atoms with Crippen molar-refractivity contribution in [1.29, 1.82) is 0 Å². The molecule has 34 heavy (non-hydrogen) atoms. The molecule has 0 aliphatic carbocycles. The van der Waals surface area contributed by atoms with Crippen LogP contribution in [0.1, 0.15) is 33.6 Å². The number of nitrogen functional groups attached to an aromatic ring is 1. The van der Waals surface area contributed by atoms with Crippen molar-refractivity contribution in [3.05, 3.63) is 54.9 Å². The molecule has 1 aliphatic heterocycles. The van der Waals surface area contributed by atoms with Crippen LogP contribution in [-0.4, -0.2) is 50.7 Å². The first-order valence-corrected chi connectivity index (χ1v) is 11.3. The molecule has 1 aromatic carbocycles. The fourth-order valence-corrected chi connectivity index (χ4v) is 3.66. The summed E-state index contributed by atoms with van der Waals surface area (Å²) in [5, 5.41) is 3.37. The smallest absolute Gasteiger partial charge is 0.410 e. The van der Waals surface area contributed by atoms with E-state index >= 15 is 0 Å². The predicted octanol–water partition coefficient (Wildman–Crippen LogP) is 4.72. The van der Waals surface area contributed by atoms with Gasteiger partial charge in [-0.15, -0.1) is 0 Å². The number of hydrogen-bond acceptors (Lipinski definition) is 8. The van der Waals surface area contributed by atoms with Crippen molar-refractivity contribution in [2.24, 2.45) is 0 Å². The number of carbonyl (C=O) groups is 1. The molecule has 3 heterocycles. The van der Waals surface area contributed by atoms with Crippen molar-refractivity contribution in [3.8, 4) is 22.9 Å². The van der Waals surface area contributed by atoms with Crippen LogP contribution in [0.5, 0.6) is 11.6 Å². The Bertz CT molecular complexity index is 1130. The number of rotatable bonds is 5. The van der Waals surface area contributed by atoms with Crippen LogP contribution in [-0.2, 0) is 4.74 Å². The predicted molar refractivity (Wildman–Crippen MR) is 131 cm³/mol. The number of hydrogen-bond donors (Lipinski definition) is 2. The summed E-state index contributed by atoms with van der Waals surface area (Å²) in [6, 6.07) is 12.7. The van der Waals surface area contributed by atoms with Crippen molar-refractivity contribution in [3.63, 3.8) is 0 Å². The summed E-state index contributed by atoms with van der Waals surface area (Å²) in [6.45, 7) is 6.81. The van der Waals surface area contributed by atoms with Crippen LogP contribution in [0.15, 0.2) is 54.9 Å². The van der Waals surface area contributed by atoms with Gasteiger partial charge in [0.1, 0.15) is 11.4 Å². The highest BCUT2D eigenvalue weighted by Crippen LogP contribution is 2.31. The van der Waals surface area contributed by atoms with Crippen LogP contribution in [0.4, 0.5) is 16.4 Å². The van der Waals surface area contributed by atoms with Gasteiger partial charge < -0.3 is 25.4 Å². The molecule has 1 saturated heterocycles. The molecule has 0 bridgehead atoms. The van der Waals surface area contributed by atoms with Gasteiger partial charge in [-0.25, -0.2) is 19.7 Å². The van der Waals surface area contributed by atoms with Gasteiger partial charge in [0.2, 0.25) is 11.8 Å². The fraction of sp³-hybridized carbons (Fsp3) is 0.360. The first kappa shape index (κ1) is 23.3. The van der Waals surface area contributed by atoms with E-state index in [1.54, 1.807) is 41.6 Å². The standard InChI is InChI=1S/C25H30N6O3/c1-25(2,3)34-24(32)31-15-5-6-18(16-31)29-23-28-14-12-21(30-23)20-7-4-13-27-22(20)33-19-10-8-17(26)9-11-19/h4,7-14,18H,5-6,15-16,26H2,1-3H3,(H,28,29,30). The molecule has 178 valence electrons. The van der Waals surface area contributed by atoms with E-state index in [0.29, 0.717) is 42.0 Å². The molecule has 3 N–H and O–H groups in total. The Balaban J connectivity index is 1.47. The van der Waals surface area contributed by atoms with Crippen LogP contribution in [0.2, 0.25) is 0 Å². The van der Waals surface area contributed by atoms with E-state index in [2.05, 4.69) is 20.3 Å². The zero-order chi connectivity index (χ0) is 24.1. The lowest BCUT2D eigenvalue weighted by molar-refractivity contribution is 0.0206. The quantitative estimate of drug-likeness (QED) is 0.523. The number of nitrogens with one attached hydrogen (secondary N) is 1. The number of anilines is 2. The molecule has 1 unspecified atom stereocenters. The number of carbonyl (C=O) groups excluding carboxylic acids is 1. The van der Waals surface area contributed by atoms with Crippen molar-refractivity contribution in [1.82, 2.24) is 19.9 Å². The minimum Gasteiger partial charge on any atom is -0.444 e. The second kappa shape index (κ2) is 9.94. The van der Waals surface area contributed by atoms with E-state index in [1.807, 2.05) is 39.0 Å². The number of benzene rings is 1. The third kappa shape index (κ3) is 6.12. The van der Waals surface area contributed by atoms with Crippen LogP contribution < -0.4 is 15.8 Å². The van der Waals surface area contributed by atoms with E-state index in [1.165, 1.54) is 0 Å². The number of likely N-dealkylation sites (tertiary alicyclic amines) is 1. The van der Waals surface area contributed by atoms with E-state index in [9.17, 15) is 4.79 Å². The molecular weight excluding hydrogens is 432 g/mol. The van der Waals surface area contributed by atoms with Gasteiger partial charge in [0.25, 0.3) is 0 Å². The lowest BCUT2D eigenvalue weighted by Gasteiger charge is -2.34.